The van der Waals surface area contributed by atoms with Gasteiger partial charge < -0.3 is 4.90 Å². The number of hydrogen-bond donors (Lipinski definition) is 0. The third-order valence-corrected chi connectivity index (χ3v) is 5.11. The molecular formula is C22H19N5O. The van der Waals surface area contributed by atoms with E-state index in [0.29, 0.717) is 25.3 Å². The molecule has 1 aromatic carbocycles. The van der Waals surface area contributed by atoms with Gasteiger partial charge in [-0.3, -0.25) is 9.78 Å². The van der Waals surface area contributed by atoms with Crippen molar-refractivity contribution in [3.8, 4) is 0 Å². The first-order valence-electron chi connectivity index (χ1n) is 9.28. The Kier molecular flexibility index (Phi) is 3.90. The Labute approximate surface area is 162 Å². The zero-order valence-electron chi connectivity index (χ0n) is 15.5. The summed E-state index contributed by atoms with van der Waals surface area (Å²) in [5.74, 6) is -0.0707. The predicted molar refractivity (Wildman–Crippen MR) is 106 cm³/mol. The SMILES string of the molecule is Cc1cc2c(cn1)CN(C(=O)c1nn(Cc3ccccc3)c3ncccc13)C2. The predicted octanol–water partition coefficient (Wildman–Crippen LogP) is 3.34. The molecule has 0 bridgehead atoms. The molecule has 0 N–H and O–H groups in total. The van der Waals surface area contributed by atoms with Gasteiger partial charge >= 0.3 is 0 Å². The van der Waals surface area contributed by atoms with Crippen LogP contribution >= 0.6 is 0 Å². The molecule has 4 aromatic rings. The first-order chi connectivity index (χ1) is 13.7. The number of aromatic nitrogens is 4. The number of carbonyl (C=O) groups is 1. The topological polar surface area (TPSA) is 63.9 Å². The van der Waals surface area contributed by atoms with Crippen LogP contribution in [0.4, 0.5) is 0 Å². The maximum atomic E-state index is 13.3. The van der Waals surface area contributed by atoms with Gasteiger partial charge in [0.05, 0.1) is 11.9 Å². The van der Waals surface area contributed by atoms with Gasteiger partial charge in [-0.1, -0.05) is 30.3 Å². The summed E-state index contributed by atoms with van der Waals surface area (Å²) < 4.78 is 1.81. The smallest absolute Gasteiger partial charge is 0.275 e. The Bertz CT molecular complexity index is 1180. The van der Waals surface area contributed by atoms with Crippen molar-refractivity contribution in [3.05, 3.63) is 89.0 Å². The van der Waals surface area contributed by atoms with Crippen molar-refractivity contribution in [2.75, 3.05) is 0 Å². The van der Waals surface area contributed by atoms with Crippen molar-refractivity contribution in [3.63, 3.8) is 0 Å². The third-order valence-electron chi connectivity index (χ3n) is 5.11. The summed E-state index contributed by atoms with van der Waals surface area (Å²) >= 11 is 0. The summed E-state index contributed by atoms with van der Waals surface area (Å²) in [5, 5.41) is 5.44. The number of aryl methyl sites for hydroxylation is 1. The van der Waals surface area contributed by atoms with Crippen molar-refractivity contribution < 1.29 is 4.79 Å². The maximum absolute atomic E-state index is 13.3. The van der Waals surface area contributed by atoms with E-state index in [2.05, 4.69) is 21.1 Å². The van der Waals surface area contributed by atoms with Crippen molar-refractivity contribution in [1.82, 2.24) is 24.6 Å². The van der Waals surface area contributed by atoms with Crippen LogP contribution in [0.2, 0.25) is 0 Å². The molecule has 1 aliphatic rings. The lowest BCUT2D eigenvalue weighted by Gasteiger charge is -2.13. The number of carbonyl (C=O) groups excluding carboxylic acids is 1. The van der Waals surface area contributed by atoms with Crippen LogP contribution < -0.4 is 0 Å². The summed E-state index contributed by atoms with van der Waals surface area (Å²) in [7, 11) is 0. The molecule has 0 fully saturated rings. The van der Waals surface area contributed by atoms with Gasteiger partial charge in [-0.05, 0) is 41.8 Å². The Morgan fingerprint density at radius 3 is 2.71 bits per heavy atom. The van der Waals surface area contributed by atoms with Gasteiger partial charge in [0.15, 0.2) is 11.3 Å². The number of fused-ring (bicyclic) bond motifs is 2. The quantitative estimate of drug-likeness (QED) is 0.556. The first-order valence-corrected chi connectivity index (χ1v) is 9.28. The standard InChI is InChI=1S/C22H19N5O/c1-15-10-17-13-26(14-18(17)11-24-15)22(28)20-19-8-5-9-23-21(19)27(25-20)12-16-6-3-2-4-7-16/h2-11H,12-14H2,1H3. The number of hydrogen-bond acceptors (Lipinski definition) is 4. The van der Waals surface area contributed by atoms with Crippen LogP contribution in [-0.2, 0) is 19.6 Å². The van der Waals surface area contributed by atoms with Crippen molar-refractivity contribution in [2.24, 2.45) is 0 Å². The molecule has 0 aliphatic carbocycles. The third kappa shape index (κ3) is 2.83. The van der Waals surface area contributed by atoms with Crippen LogP contribution in [0.25, 0.3) is 11.0 Å². The second-order valence-electron chi connectivity index (χ2n) is 7.12. The highest BCUT2D eigenvalue weighted by Gasteiger charge is 2.28. The van der Waals surface area contributed by atoms with E-state index in [1.807, 2.05) is 65.2 Å². The zero-order valence-corrected chi connectivity index (χ0v) is 15.5. The molecule has 0 spiro atoms. The Hall–Kier alpha value is -3.54. The summed E-state index contributed by atoms with van der Waals surface area (Å²) in [6, 6.07) is 15.9. The molecule has 28 heavy (non-hydrogen) atoms. The second-order valence-corrected chi connectivity index (χ2v) is 7.12. The molecule has 0 atom stereocenters. The fraction of sp³-hybridized carbons (Fsp3) is 0.182. The van der Waals surface area contributed by atoms with E-state index in [1.165, 1.54) is 0 Å². The molecule has 4 heterocycles. The van der Waals surface area contributed by atoms with Gasteiger partial charge in [-0.2, -0.15) is 5.10 Å². The van der Waals surface area contributed by atoms with E-state index < -0.39 is 0 Å². The molecule has 6 nitrogen and oxygen atoms in total. The summed E-state index contributed by atoms with van der Waals surface area (Å²) in [6.07, 6.45) is 3.60. The van der Waals surface area contributed by atoms with Crippen LogP contribution in [-0.4, -0.2) is 30.6 Å². The van der Waals surface area contributed by atoms with E-state index in [0.717, 1.165) is 33.4 Å². The molecule has 6 heteroatoms. The lowest BCUT2D eigenvalue weighted by Crippen LogP contribution is -2.26. The van der Waals surface area contributed by atoms with Gasteiger partial charge in [0.1, 0.15) is 0 Å². The van der Waals surface area contributed by atoms with Gasteiger partial charge in [-0.25, -0.2) is 9.67 Å². The fourth-order valence-corrected chi connectivity index (χ4v) is 3.73. The van der Waals surface area contributed by atoms with E-state index >= 15 is 0 Å². The normalized spacial score (nSPS) is 13.1. The summed E-state index contributed by atoms with van der Waals surface area (Å²) in [6.45, 7) is 3.69. The largest absolute Gasteiger partial charge is 0.328 e. The summed E-state index contributed by atoms with van der Waals surface area (Å²) in [4.78, 5) is 23.9. The van der Waals surface area contributed by atoms with E-state index in [9.17, 15) is 4.79 Å². The van der Waals surface area contributed by atoms with Crippen molar-refractivity contribution in [2.45, 2.75) is 26.6 Å². The molecule has 1 aliphatic heterocycles. The van der Waals surface area contributed by atoms with E-state index in [-0.39, 0.29) is 5.91 Å². The lowest BCUT2D eigenvalue weighted by atomic mass is 10.2. The highest BCUT2D eigenvalue weighted by Crippen LogP contribution is 2.26. The van der Waals surface area contributed by atoms with Crippen LogP contribution in [0.1, 0.15) is 32.9 Å². The average molecular weight is 369 g/mol. The molecule has 0 saturated carbocycles. The van der Waals surface area contributed by atoms with Gasteiger partial charge in [0.25, 0.3) is 5.91 Å². The number of rotatable bonds is 3. The van der Waals surface area contributed by atoms with E-state index in [4.69, 9.17) is 0 Å². The van der Waals surface area contributed by atoms with Gasteiger partial charge in [0.2, 0.25) is 0 Å². The highest BCUT2D eigenvalue weighted by molar-refractivity contribution is 6.04. The molecule has 138 valence electrons. The Balaban J connectivity index is 1.50. The van der Waals surface area contributed by atoms with Crippen molar-refractivity contribution in [1.29, 1.82) is 0 Å². The second kappa shape index (κ2) is 6.56. The number of pyridine rings is 2. The van der Waals surface area contributed by atoms with E-state index in [1.54, 1.807) is 6.20 Å². The summed E-state index contributed by atoms with van der Waals surface area (Å²) in [5.41, 5.74) is 5.53. The average Bonchev–Trinajstić information content (AvgIpc) is 3.30. The Morgan fingerprint density at radius 1 is 1.04 bits per heavy atom. The van der Waals surface area contributed by atoms with Crippen LogP contribution in [0.5, 0.6) is 0 Å². The minimum absolute atomic E-state index is 0.0707. The molecule has 3 aromatic heterocycles. The van der Waals surface area contributed by atoms with Gasteiger partial charge in [-0.15, -0.1) is 0 Å². The van der Waals surface area contributed by atoms with Gasteiger partial charge in [0, 0.05) is 31.2 Å². The first kappa shape index (κ1) is 16.6. The monoisotopic (exact) mass is 369 g/mol. The molecular weight excluding hydrogens is 350 g/mol. The zero-order chi connectivity index (χ0) is 19.1. The molecule has 1 amide bonds. The maximum Gasteiger partial charge on any atom is 0.275 e. The van der Waals surface area contributed by atoms with Crippen LogP contribution in [0.15, 0.2) is 60.9 Å². The fourth-order valence-electron chi connectivity index (χ4n) is 3.73. The van der Waals surface area contributed by atoms with Crippen LogP contribution in [0, 0.1) is 6.92 Å². The Morgan fingerprint density at radius 2 is 1.86 bits per heavy atom. The molecule has 0 radical (unpaired) electrons. The van der Waals surface area contributed by atoms with Crippen LogP contribution in [0.3, 0.4) is 0 Å². The minimum atomic E-state index is -0.0707. The highest BCUT2D eigenvalue weighted by atomic mass is 16.2. The number of nitrogens with zero attached hydrogens (tertiary/aromatic N) is 5. The molecule has 0 saturated heterocycles. The molecule has 5 rings (SSSR count). The lowest BCUT2D eigenvalue weighted by molar-refractivity contribution is 0.0746. The minimum Gasteiger partial charge on any atom is -0.328 e. The number of amides is 1. The van der Waals surface area contributed by atoms with Crippen molar-refractivity contribution >= 4 is 16.9 Å². The molecule has 0 unspecified atom stereocenters. The number of benzene rings is 1.